The quantitative estimate of drug-likeness (QED) is 0.535. The molecule has 0 atom stereocenters. The Kier molecular flexibility index (Phi) is 8.22. The summed E-state index contributed by atoms with van der Waals surface area (Å²) < 4.78 is 28.8. The van der Waals surface area contributed by atoms with E-state index < -0.39 is 15.9 Å². The molecule has 0 aromatic heterocycles. The van der Waals surface area contributed by atoms with Gasteiger partial charge in [0.25, 0.3) is 0 Å². The molecule has 2 aromatic carbocycles. The zero-order chi connectivity index (χ0) is 24.2. The summed E-state index contributed by atoms with van der Waals surface area (Å²) in [7, 11) is -3.73. The summed E-state index contributed by atoms with van der Waals surface area (Å²) in [6.45, 7) is 6.87. The lowest BCUT2D eigenvalue weighted by Crippen LogP contribution is -2.37. The first-order valence-electron chi connectivity index (χ1n) is 11.3. The summed E-state index contributed by atoms with van der Waals surface area (Å²) >= 11 is 6.01. The fourth-order valence-electron chi connectivity index (χ4n) is 4.30. The normalized spacial score (nSPS) is 19.5. The first-order valence-corrected chi connectivity index (χ1v) is 13.1. The van der Waals surface area contributed by atoms with Gasteiger partial charge in [-0.3, -0.25) is 4.79 Å². The Morgan fingerprint density at radius 1 is 1.03 bits per heavy atom. The molecule has 0 heterocycles. The number of nitrogens with one attached hydrogen (secondary N) is 1. The van der Waals surface area contributed by atoms with Gasteiger partial charge in [-0.2, -0.15) is 4.31 Å². The Labute approximate surface area is 202 Å². The maximum absolute atomic E-state index is 13.7. The van der Waals surface area contributed by atoms with Gasteiger partial charge in [-0.1, -0.05) is 56.6 Å². The van der Waals surface area contributed by atoms with Crippen LogP contribution in [0.25, 0.3) is 0 Å². The fraction of sp³-hybridized carbons (Fsp3) is 0.480. The van der Waals surface area contributed by atoms with Crippen molar-refractivity contribution in [3.8, 4) is 0 Å². The van der Waals surface area contributed by atoms with E-state index in [2.05, 4.69) is 20.8 Å². The number of carbonyl (C=O) groups is 1. The van der Waals surface area contributed by atoms with E-state index in [1.165, 1.54) is 9.79 Å². The van der Waals surface area contributed by atoms with Gasteiger partial charge in [0, 0.05) is 24.0 Å². The molecule has 0 saturated heterocycles. The van der Waals surface area contributed by atoms with E-state index >= 15 is 0 Å². The first kappa shape index (κ1) is 25.7. The van der Waals surface area contributed by atoms with E-state index in [4.69, 9.17) is 11.6 Å². The third-order valence-corrected chi connectivity index (χ3v) is 8.49. The number of halogens is 1. The highest BCUT2D eigenvalue weighted by atomic mass is 35.5. The summed E-state index contributed by atoms with van der Waals surface area (Å²) in [5.74, 6) is -0.639. The van der Waals surface area contributed by atoms with Gasteiger partial charge in [-0.15, -0.1) is 0 Å². The lowest BCUT2D eigenvalue weighted by atomic mass is 9.81. The van der Waals surface area contributed by atoms with Crippen LogP contribution in [0.4, 0.5) is 0 Å². The molecule has 1 aliphatic carbocycles. The second-order valence-corrected chi connectivity index (χ2v) is 12.3. The van der Waals surface area contributed by atoms with Crippen LogP contribution in [0.1, 0.15) is 57.6 Å². The van der Waals surface area contributed by atoms with Gasteiger partial charge in [0.15, 0.2) is 0 Å². The zero-order valence-electron chi connectivity index (χ0n) is 19.4. The van der Waals surface area contributed by atoms with Crippen molar-refractivity contribution in [3.63, 3.8) is 0 Å². The third-order valence-electron chi connectivity index (χ3n) is 6.41. The maximum Gasteiger partial charge on any atom is 0.243 e. The lowest BCUT2D eigenvalue weighted by Gasteiger charge is -2.32. The van der Waals surface area contributed by atoms with Crippen molar-refractivity contribution in [3.05, 3.63) is 69.9 Å². The van der Waals surface area contributed by atoms with Crippen LogP contribution in [-0.2, 0) is 26.8 Å². The van der Waals surface area contributed by atoms with Gasteiger partial charge in [-0.05, 0) is 72.4 Å². The van der Waals surface area contributed by atoms with Crippen molar-refractivity contribution in [2.45, 2.75) is 63.3 Å². The largest absolute Gasteiger partial charge is 0.759 e. The number of hydrogen-bond acceptors (Lipinski definition) is 4. The Balaban J connectivity index is 1.83. The molecule has 1 amide bonds. The minimum Gasteiger partial charge on any atom is -0.759 e. The molecule has 180 valence electrons. The van der Waals surface area contributed by atoms with Crippen LogP contribution in [0.15, 0.2) is 53.4 Å². The monoisotopic (exact) mass is 491 g/mol. The molecular weight excluding hydrogens is 460 g/mol. The van der Waals surface area contributed by atoms with Crippen molar-refractivity contribution in [1.29, 1.82) is 0 Å². The molecule has 0 aliphatic heterocycles. The highest BCUT2D eigenvalue weighted by molar-refractivity contribution is 7.89. The Morgan fingerprint density at radius 3 is 2.12 bits per heavy atom. The van der Waals surface area contributed by atoms with E-state index in [0.29, 0.717) is 37.3 Å². The summed E-state index contributed by atoms with van der Waals surface area (Å²) in [5, 5.41) is 11.3. The van der Waals surface area contributed by atoms with E-state index in [1.807, 2.05) is 24.3 Å². The van der Waals surface area contributed by atoms with Crippen LogP contribution in [0.5, 0.6) is 0 Å². The highest BCUT2D eigenvalue weighted by Gasteiger charge is 2.31. The molecule has 1 fully saturated rings. The average Bonchev–Trinajstić information content (AvgIpc) is 2.79. The first-order chi connectivity index (χ1) is 15.5. The van der Waals surface area contributed by atoms with Crippen LogP contribution in [0, 0.1) is 17.0 Å². The zero-order valence-corrected chi connectivity index (χ0v) is 21.0. The van der Waals surface area contributed by atoms with Gasteiger partial charge >= 0.3 is 0 Å². The predicted molar refractivity (Wildman–Crippen MR) is 131 cm³/mol. The second kappa shape index (κ2) is 10.6. The molecule has 0 unspecified atom stereocenters. The number of carbonyl (C=O) groups excluding carboxylic acids is 1. The number of nitrogens with zero attached hydrogens (tertiary/aromatic N) is 1. The maximum atomic E-state index is 13.7. The molecule has 1 aliphatic rings. The van der Waals surface area contributed by atoms with Crippen LogP contribution < -0.4 is 5.48 Å². The van der Waals surface area contributed by atoms with E-state index in [0.717, 1.165) is 11.1 Å². The van der Waals surface area contributed by atoms with Crippen molar-refractivity contribution >= 4 is 27.5 Å². The summed E-state index contributed by atoms with van der Waals surface area (Å²) in [5.41, 5.74) is 3.34. The van der Waals surface area contributed by atoms with Crippen molar-refractivity contribution in [2.24, 2.45) is 11.8 Å². The molecular formula is C25H32ClN2O4S-. The van der Waals surface area contributed by atoms with Crippen LogP contribution in [0.3, 0.4) is 0 Å². The topological polar surface area (TPSA) is 89.5 Å². The van der Waals surface area contributed by atoms with Crippen molar-refractivity contribution in [2.75, 3.05) is 6.54 Å². The van der Waals surface area contributed by atoms with Crippen LogP contribution in [-0.4, -0.2) is 25.2 Å². The number of hydrogen-bond donors (Lipinski definition) is 1. The predicted octanol–water partition coefficient (Wildman–Crippen LogP) is 5.25. The molecule has 1 N–H and O–H groups in total. The Morgan fingerprint density at radius 2 is 1.61 bits per heavy atom. The standard InChI is InChI=1S/C25H32ClN2O4S/c1-25(2,3)21-10-14-23(15-11-21)33(31,32)28(17-19-6-12-22(26)13-7-19)16-18-4-8-20(9-5-18)24(29)27-30/h6-7,10-15,18,20H,4-5,8-9,16-17H2,1-3H3,(H-,27,29,30)/q-1. The van der Waals surface area contributed by atoms with Gasteiger partial charge in [-0.25, -0.2) is 8.42 Å². The summed E-state index contributed by atoms with van der Waals surface area (Å²) in [6, 6.07) is 14.3. The number of sulfonamides is 1. The third kappa shape index (κ3) is 6.57. The van der Waals surface area contributed by atoms with Crippen LogP contribution >= 0.6 is 11.6 Å². The van der Waals surface area contributed by atoms with Crippen molar-refractivity contribution in [1.82, 2.24) is 9.79 Å². The summed E-state index contributed by atoms with van der Waals surface area (Å²) in [4.78, 5) is 11.9. The molecule has 0 bridgehead atoms. The minimum atomic E-state index is -3.73. The SMILES string of the molecule is CC(C)(C)c1ccc(S(=O)(=O)N(Cc2ccc(Cl)cc2)CC2CCC(C(=O)N[O-])CC2)cc1. The average molecular weight is 492 g/mol. The molecule has 0 radical (unpaired) electrons. The van der Waals surface area contributed by atoms with Gasteiger partial charge < -0.3 is 10.7 Å². The van der Waals surface area contributed by atoms with Crippen molar-refractivity contribution < 1.29 is 13.2 Å². The number of amides is 1. The van der Waals surface area contributed by atoms with Crippen LogP contribution in [0.2, 0.25) is 5.02 Å². The van der Waals surface area contributed by atoms with E-state index in [1.54, 1.807) is 24.3 Å². The molecule has 33 heavy (non-hydrogen) atoms. The highest BCUT2D eigenvalue weighted by Crippen LogP contribution is 2.32. The second-order valence-electron chi connectivity index (χ2n) is 9.88. The van der Waals surface area contributed by atoms with E-state index in [-0.39, 0.29) is 28.7 Å². The van der Waals surface area contributed by atoms with Gasteiger partial charge in [0.2, 0.25) is 15.9 Å². The minimum absolute atomic E-state index is 0.0691. The van der Waals surface area contributed by atoms with Gasteiger partial charge in [0.1, 0.15) is 0 Å². The molecule has 0 spiro atoms. The Hall–Kier alpha value is -1.93. The molecule has 1 saturated carbocycles. The molecule has 6 nitrogen and oxygen atoms in total. The smallest absolute Gasteiger partial charge is 0.243 e. The fourth-order valence-corrected chi connectivity index (χ4v) is 5.93. The summed E-state index contributed by atoms with van der Waals surface area (Å²) in [6.07, 6.45) is 2.59. The molecule has 2 aromatic rings. The van der Waals surface area contributed by atoms with Gasteiger partial charge in [0.05, 0.1) is 4.90 Å². The number of rotatable bonds is 7. The molecule has 8 heteroatoms. The number of benzene rings is 2. The van der Waals surface area contributed by atoms with E-state index in [9.17, 15) is 18.4 Å². The number of hydroxylamine groups is 1. The molecule has 3 rings (SSSR count). The Bertz CT molecular complexity index is 1040. The lowest BCUT2D eigenvalue weighted by molar-refractivity contribution is -0.125.